The van der Waals surface area contributed by atoms with E-state index in [4.69, 9.17) is 10.5 Å². The van der Waals surface area contributed by atoms with Crippen molar-refractivity contribution in [3.05, 3.63) is 84.6 Å². The first-order chi connectivity index (χ1) is 15.1. The lowest BCUT2D eigenvalue weighted by molar-refractivity contribution is -0.116. The Bertz CT molecular complexity index is 1210. The van der Waals surface area contributed by atoms with Crippen molar-refractivity contribution >= 4 is 28.5 Å². The number of H-pyrrole nitrogens is 1. The van der Waals surface area contributed by atoms with Crippen molar-refractivity contribution in [1.82, 2.24) is 15.5 Å². The summed E-state index contributed by atoms with van der Waals surface area (Å²) in [5.74, 6) is 1.00. The smallest absolute Gasteiger partial charge is 0.312 e. The monoisotopic (exact) mass is 415 g/mol. The number of aromatic nitrogens is 2. The van der Waals surface area contributed by atoms with Crippen LogP contribution in [0.3, 0.4) is 0 Å². The summed E-state index contributed by atoms with van der Waals surface area (Å²) in [5.41, 5.74) is 7.49. The quantitative estimate of drug-likeness (QED) is 0.363. The molecule has 8 heteroatoms. The number of para-hydroxylation sites is 1. The van der Waals surface area contributed by atoms with Crippen LogP contribution in [0.1, 0.15) is 18.0 Å². The fraction of sp³-hybridized carbons (Fsp3) is 0.0870. The van der Waals surface area contributed by atoms with Gasteiger partial charge in [0.1, 0.15) is 11.5 Å². The molecular weight excluding hydrogens is 394 g/mol. The number of aromatic amines is 1. The summed E-state index contributed by atoms with van der Waals surface area (Å²) in [7, 11) is 0. The van der Waals surface area contributed by atoms with Gasteiger partial charge in [-0.05, 0) is 48.0 Å². The lowest BCUT2D eigenvalue weighted by atomic mass is 10.0. The van der Waals surface area contributed by atoms with Crippen molar-refractivity contribution in [2.75, 3.05) is 5.32 Å². The van der Waals surface area contributed by atoms with Gasteiger partial charge < -0.3 is 21.1 Å². The summed E-state index contributed by atoms with van der Waals surface area (Å²) in [6, 6.07) is 20.6. The highest BCUT2D eigenvalue weighted by molar-refractivity contribution is 5.94. The number of primary amides is 1. The molecule has 0 spiro atoms. The summed E-state index contributed by atoms with van der Waals surface area (Å²) in [4.78, 5) is 24.2. The summed E-state index contributed by atoms with van der Waals surface area (Å²) >= 11 is 0. The van der Waals surface area contributed by atoms with Crippen LogP contribution >= 0.6 is 0 Å². The largest absolute Gasteiger partial charge is 0.457 e. The van der Waals surface area contributed by atoms with Gasteiger partial charge in [0.25, 0.3) is 0 Å². The predicted octanol–water partition coefficient (Wildman–Crippen LogP) is 4.09. The minimum atomic E-state index is -0.717. The molecule has 1 aromatic heterocycles. The fourth-order valence-electron chi connectivity index (χ4n) is 3.26. The second-order valence-corrected chi connectivity index (χ2v) is 6.97. The van der Waals surface area contributed by atoms with E-state index in [1.165, 1.54) is 0 Å². The van der Waals surface area contributed by atoms with Crippen LogP contribution in [0, 0.1) is 0 Å². The SMILES string of the molecule is NC(=O)N[C@@H](CC(=O)Nc1ccc2cn[nH]c2c1)c1cccc(Oc2ccccc2)c1. The van der Waals surface area contributed by atoms with E-state index >= 15 is 0 Å². The van der Waals surface area contributed by atoms with Crippen molar-refractivity contribution < 1.29 is 14.3 Å². The zero-order chi connectivity index (χ0) is 21.6. The Morgan fingerprint density at radius 1 is 1.00 bits per heavy atom. The number of benzene rings is 3. The van der Waals surface area contributed by atoms with Crippen molar-refractivity contribution in [2.24, 2.45) is 5.73 Å². The van der Waals surface area contributed by atoms with E-state index < -0.39 is 12.1 Å². The Balaban J connectivity index is 1.49. The van der Waals surface area contributed by atoms with Crippen molar-refractivity contribution in [1.29, 1.82) is 0 Å². The number of urea groups is 1. The van der Waals surface area contributed by atoms with Gasteiger partial charge in [-0.3, -0.25) is 9.89 Å². The van der Waals surface area contributed by atoms with Gasteiger partial charge in [-0.25, -0.2) is 4.79 Å². The maximum absolute atomic E-state index is 12.7. The Morgan fingerprint density at radius 2 is 1.81 bits per heavy atom. The number of ether oxygens (including phenoxy) is 1. The number of hydrogen-bond acceptors (Lipinski definition) is 4. The van der Waals surface area contributed by atoms with E-state index in [9.17, 15) is 9.59 Å². The maximum atomic E-state index is 12.7. The molecule has 1 atom stereocenters. The summed E-state index contributed by atoms with van der Waals surface area (Å²) in [6.07, 6.45) is 1.71. The molecule has 5 N–H and O–H groups in total. The molecule has 0 aliphatic rings. The number of rotatable bonds is 7. The van der Waals surface area contributed by atoms with Gasteiger partial charge >= 0.3 is 6.03 Å². The van der Waals surface area contributed by atoms with Gasteiger partial charge in [-0.2, -0.15) is 5.10 Å². The highest BCUT2D eigenvalue weighted by Gasteiger charge is 2.18. The number of anilines is 1. The molecule has 0 saturated carbocycles. The minimum absolute atomic E-state index is 0.00125. The van der Waals surface area contributed by atoms with Crippen LogP contribution < -0.4 is 21.1 Å². The van der Waals surface area contributed by atoms with Crippen LogP contribution in [0.15, 0.2) is 79.0 Å². The first-order valence-corrected chi connectivity index (χ1v) is 9.68. The van der Waals surface area contributed by atoms with Crippen LogP contribution in [0.5, 0.6) is 11.5 Å². The second-order valence-electron chi connectivity index (χ2n) is 6.97. The van der Waals surface area contributed by atoms with E-state index in [0.717, 1.165) is 10.9 Å². The third-order valence-corrected chi connectivity index (χ3v) is 4.67. The zero-order valence-electron chi connectivity index (χ0n) is 16.5. The summed E-state index contributed by atoms with van der Waals surface area (Å²) < 4.78 is 5.85. The molecular formula is C23H21N5O3. The van der Waals surface area contributed by atoms with Gasteiger partial charge in [0.05, 0.1) is 24.2 Å². The van der Waals surface area contributed by atoms with Crippen LogP contribution in [-0.2, 0) is 4.79 Å². The van der Waals surface area contributed by atoms with Crippen molar-refractivity contribution in [3.8, 4) is 11.5 Å². The molecule has 4 aromatic rings. The van der Waals surface area contributed by atoms with Crippen molar-refractivity contribution in [3.63, 3.8) is 0 Å². The third kappa shape index (κ3) is 5.18. The normalized spacial score (nSPS) is 11.6. The Morgan fingerprint density at radius 3 is 2.61 bits per heavy atom. The lowest BCUT2D eigenvalue weighted by Crippen LogP contribution is -2.35. The molecule has 0 saturated heterocycles. The van der Waals surface area contributed by atoms with Crippen LogP contribution in [0.2, 0.25) is 0 Å². The Labute approximate surface area is 178 Å². The highest BCUT2D eigenvalue weighted by atomic mass is 16.5. The third-order valence-electron chi connectivity index (χ3n) is 4.67. The fourth-order valence-corrected chi connectivity index (χ4v) is 3.26. The Hall–Kier alpha value is -4.33. The van der Waals surface area contributed by atoms with E-state index in [2.05, 4.69) is 20.8 Å². The highest BCUT2D eigenvalue weighted by Crippen LogP contribution is 2.26. The molecule has 3 aromatic carbocycles. The van der Waals surface area contributed by atoms with Gasteiger partial charge in [-0.1, -0.05) is 30.3 Å². The molecule has 0 unspecified atom stereocenters. The summed E-state index contributed by atoms with van der Waals surface area (Å²) in [6.45, 7) is 0. The van der Waals surface area contributed by atoms with Gasteiger partial charge in [0, 0.05) is 11.1 Å². The molecule has 0 radical (unpaired) electrons. The van der Waals surface area contributed by atoms with Crippen LogP contribution in [0.25, 0.3) is 10.9 Å². The number of carbonyl (C=O) groups excluding carboxylic acids is 2. The molecule has 0 fully saturated rings. The molecule has 0 aliphatic heterocycles. The first kappa shape index (κ1) is 20.0. The number of fused-ring (bicyclic) bond motifs is 1. The van der Waals surface area contributed by atoms with Gasteiger partial charge in [0.2, 0.25) is 5.91 Å². The standard InChI is InChI=1S/C23H21N5O3/c24-23(30)27-20(13-22(29)26-17-10-9-16-14-25-28-21(16)12-17)15-5-4-8-19(11-15)31-18-6-2-1-3-7-18/h1-12,14,20H,13H2,(H,25,28)(H,26,29)(H3,24,27,30)/t20-/m0/s1. The van der Waals surface area contributed by atoms with Crippen molar-refractivity contribution in [2.45, 2.75) is 12.5 Å². The predicted molar refractivity (Wildman–Crippen MR) is 118 cm³/mol. The molecule has 3 amide bonds. The van der Waals surface area contributed by atoms with E-state index in [1.807, 2.05) is 42.5 Å². The molecule has 31 heavy (non-hydrogen) atoms. The lowest BCUT2D eigenvalue weighted by Gasteiger charge is -2.19. The number of amides is 3. The zero-order valence-corrected chi connectivity index (χ0v) is 16.5. The average molecular weight is 415 g/mol. The topological polar surface area (TPSA) is 122 Å². The van der Waals surface area contributed by atoms with Gasteiger partial charge in [0.15, 0.2) is 0 Å². The minimum Gasteiger partial charge on any atom is -0.457 e. The molecule has 4 rings (SSSR count). The second kappa shape index (κ2) is 9.00. The van der Waals surface area contributed by atoms with Gasteiger partial charge in [-0.15, -0.1) is 0 Å². The number of carbonyl (C=O) groups is 2. The van der Waals surface area contributed by atoms with Crippen LogP contribution in [0.4, 0.5) is 10.5 Å². The van der Waals surface area contributed by atoms with Crippen LogP contribution in [-0.4, -0.2) is 22.1 Å². The Kier molecular flexibility index (Phi) is 5.79. The summed E-state index contributed by atoms with van der Waals surface area (Å²) in [5, 5.41) is 13.3. The van der Waals surface area contributed by atoms with E-state index in [1.54, 1.807) is 36.5 Å². The molecule has 156 valence electrons. The first-order valence-electron chi connectivity index (χ1n) is 9.68. The number of nitrogens with two attached hydrogens (primary N) is 1. The molecule has 0 aliphatic carbocycles. The molecule has 1 heterocycles. The number of nitrogens with one attached hydrogen (secondary N) is 3. The number of hydrogen-bond donors (Lipinski definition) is 4. The maximum Gasteiger partial charge on any atom is 0.312 e. The number of nitrogens with zero attached hydrogens (tertiary/aromatic N) is 1. The molecule has 0 bridgehead atoms. The van der Waals surface area contributed by atoms with E-state index in [-0.39, 0.29) is 12.3 Å². The molecule has 8 nitrogen and oxygen atoms in total. The van der Waals surface area contributed by atoms with E-state index in [0.29, 0.717) is 22.7 Å². The average Bonchev–Trinajstić information content (AvgIpc) is 3.22.